The molecule has 1 saturated heterocycles. The van der Waals surface area contributed by atoms with E-state index in [2.05, 4.69) is 6.07 Å². The summed E-state index contributed by atoms with van der Waals surface area (Å²) in [5.41, 5.74) is 0.438. The summed E-state index contributed by atoms with van der Waals surface area (Å²) in [5, 5.41) is 9.07. The second-order valence-electron chi connectivity index (χ2n) is 5.37. The van der Waals surface area contributed by atoms with Crippen LogP contribution in [0.15, 0.2) is 24.3 Å². The molecule has 0 saturated carbocycles. The molecule has 1 aromatic rings. The van der Waals surface area contributed by atoms with Crippen molar-refractivity contribution in [2.24, 2.45) is 0 Å². The van der Waals surface area contributed by atoms with E-state index in [1.165, 1.54) is 0 Å². The lowest BCUT2D eigenvalue weighted by Crippen LogP contribution is -2.48. The van der Waals surface area contributed by atoms with Gasteiger partial charge in [-0.1, -0.05) is 12.1 Å². The highest BCUT2D eigenvalue weighted by Gasteiger charge is 2.28. The molecule has 0 aromatic heterocycles. The van der Waals surface area contributed by atoms with Crippen molar-refractivity contribution in [1.29, 1.82) is 5.26 Å². The molecule has 118 valence electrons. The summed E-state index contributed by atoms with van der Waals surface area (Å²) in [5.74, 6) is 0.390. The highest BCUT2D eigenvalue weighted by atomic mass is 16.5. The maximum Gasteiger partial charge on any atom is 0.263 e. The third-order valence-electron chi connectivity index (χ3n) is 3.75. The number of benzene rings is 1. The molecule has 1 aliphatic rings. The Morgan fingerprint density at radius 1 is 1.50 bits per heavy atom. The number of carbonyl (C=O) groups excluding carboxylic acids is 1. The zero-order chi connectivity index (χ0) is 15.9. The van der Waals surface area contributed by atoms with E-state index in [9.17, 15) is 4.79 Å². The zero-order valence-electron chi connectivity index (χ0n) is 13.1. The van der Waals surface area contributed by atoms with Crippen LogP contribution in [0.3, 0.4) is 0 Å². The van der Waals surface area contributed by atoms with Crippen LogP contribution in [0.4, 0.5) is 0 Å². The number of nitrogens with zero attached hydrogens (tertiary/aromatic N) is 2. The predicted molar refractivity (Wildman–Crippen MR) is 82.5 cm³/mol. The van der Waals surface area contributed by atoms with Crippen molar-refractivity contribution in [3.8, 4) is 11.8 Å². The van der Waals surface area contributed by atoms with Gasteiger partial charge in [-0.25, -0.2) is 0 Å². The Labute approximate surface area is 131 Å². The minimum atomic E-state index is -0.616. The first-order valence-corrected chi connectivity index (χ1v) is 7.71. The number of hydrogen-bond donors (Lipinski definition) is 0. The Morgan fingerprint density at radius 2 is 2.27 bits per heavy atom. The number of piperidine rings is 1. The molecule has 1 fully saturated rings. The molecule has 0 radical (unpaired) electrons. The summed E-state index contributed by atoms with van der Waals surface area (Å²) < 4.78 is 11.3. The van der Waals surface area contributed by atoms with E-state index in [4.69, 9.17) is 14.7 Å². The van der Waals surface area contributed by atoms with Gasteiger partial charge in [-0.15, -0.1) is 0 Å². The van der Waals surface area contributed by atoms with Gasteiger partial charge in [0.2, 0.25) is 0 Å². The largest absolute Gasteiger partial charge is 0.480 e. The van der Waals surface area contributed by atoms with E-state index in [1.54, 1.807) is 36.1 Å². The molecule has 1 heterocycles. The Hall–Kier alpha value is -2.06. The highest BCUT2D eigenvalue weighted by molar-refractivity contribution is 5.81. The van der Waals surface area contributed by atoms with E-state index in [1.807, 2.05) is 6.92 Å². The molecule has 0 aliphatic carbocycles. The lowest BCUT2D eigenvalue weighted by molar-refractivity contribution is -0.142. The van der Waals surface area contributed by atoms with Crippen LogP contribution in [0.2, 0.25) is 0 Å². The van der Waals surface area contributed by atoms with E-state index in [0.717, 1.165) is 19.4 Å². The van der Waals surface area contributed by atoms with Crippen LogP contribution in [0.5, 0.6) is 5.75 Å². The van der Waals surface area contributed by atoms with Crippen molar-refractivity contribution in [3.63, 3.8) is 0 Å². The van der Waals surface area contributed by atoms with Gasteiger partial charge in [0.05, 0.1) is 11.7 Å². The molecule has 1 aromatic carbocycles. The summed E-state index contributed by atoms with van der Waals surface area (Å²) in [6, 6.07) is 9.03. The molecule has 22 heavy (non-hydrogen) atoms. The molecule has 5 nitrogen and oxygen atoms in total. The number of amides is 1. The Balaban J connectivity index is 1.98. The van der Waals surface area contributed by atoms with Crippen LogP contribution in [0.1, 0.15) is 32.3 Å². The third kappa shape index (κ3) is 3.99. The first-order valence-electron chi connectivity index (χ1n) is 7.71. The summed E-state index contributed by atoms with van der Waals surface area (Å²) in [4.78, 5) is 14.3. The molecule has 1 aliphatic heterocycles. The van der Waals surface area contributed by atoms with Gasteiger partial charge in [0.15, 0.2) is 6.10 Å². The molecule has 2 rings (SSSR count). The van der Waals surface area contributed by atoms with Crippen LogP contribution < -0.4 is 4.74 Å². The van der Waals surface area contributed by atoms with Crippen LogP contribution in [-0.4, -0.2) is 42.7 Å². The first kappa shape index (κ1) is 16.3. The van der Waals surface area contributed by atoms with Gasteiger partial charge in [0, 0.05) is 19.7 Å². The molecule has 5 heteroatoms. The van der Waals surface area contributed by atoms with Crippen molar-refractivity contribution in [3.05, 3.63) is 29.8 Å². The van der Waals surface area contributed by atoms with E-state index in [-0.39, 0.29) is 12.0 Å². The number of ether oxygens (including phenoxy) is 2. The highest BCUT2D eigenvalue weighted by Crippen LogP contribution is 2.20. The maximum absolute atomic E-state index is 12.5. The van der Waals surface area contributed by atoms with Crippen molar-refractivity contribution in [2.75, 3.05) is 19.7 Å². The lowest BCUT2D eigenvalue weighted by atomic mass is 10.1. The quantitative estimate of drug-likeness (QED) is 0.837. The summed E-state index contributed by atoms with van der Waals surface area (Å²) >= 11 is 0. The van der Waals surface area contributed by atoms with Crippen molar-refractivity contribution in [1.82, 2.24) is 4.90 Å². The zero-order valence-corrected chi connectivity index (χ0v) is 13.1. The van der Waals surface area contributed by atoms with Gasteiger partial charge < -0.3 is 14.4 Å². The predicted octanol–water partition coefficient (Wildman–Crippen LogP) is 2.35. The number of carbonyl (C=O) groups is 1. The number of para-hydroxylation sites is 1. The van der Waals surface area contributed by atoms with E-state index in [0.29, 0.717) is 24.5 Å². The number of rotatable bonds is 5. The van der Waals surface area contributed by atoms with Crippen LogP contribution >= 0.6 is 0 Å². The number of hydrogen-bond acceptors (Lipinski definition) is 4. The Bertz CT molecular complexity index is 551. The Morgan fingerprint density at radius 3 is 3.00 bits per heavy atom. The standard InChI is InChI=1S/C17H22N2O3/c1-3-21-15-8-6-10-19(12-15)17(20)13(2)22-16-9-5-4-7-14(16)11-18/h4-5,7,9,13,15H,3,6,8,10,12H2,1-2H3/t13-,15+/m1/s1. The van der Waals surface area contributed by atoms with E-state index >= 15 is 0 Å². The second-order valence-corrected chi connectivity index (χ2v) is 5.37. The van der Waals surface area contributed by atoms with Gasteiger partial charge in [0.25, 0.3) is 5.91 Å². The van der Waals surface area contributed by atoms with Gasteiger partial charge in [0.1, 0.15) is 11.8 Å². The normalized spacial score (nSPS) is 19.3. The van der Waals surface area contributed by atoms with Crippen LogP contribution in [0, 0.1) is 11.3 Å². The van der Waals surface area contributed by atoms with Gasteiger partial charge in [-0.2, -0.15) is 5.26 Å². The van der Waals surface area contributed by atoms with Crippen LogP contribution in [-0.2, 0) is 9.53 Å². The van der Waals surface area contributed by atoms with Crippen molar-refractivity contribution >= 4 is 5.91 Å². The molecule has 0 unspecified atom stereocenters. The van der Waals surface area contributed by atoms with Crippen molar-refractivity contribution in [2.45, 2.75) is 38.9 Å². The SMILES string of the molecule is CCO[C@H]1CCCN(C(=O)[C@@H](C)Oc2ccccc2C#N)C1. The second kappa shape index (κ2) is 7.81. The topological polar surface area (TPSA) is 62.6 Å². The monoisotopic (exact) mass is 302 g/mol. The molecular formula is C17H22N2O3. The molecule has 1 amide bonds. The lowest BCUT2D eigenvalue weighted by Gasteiger charge is -2.34. The minimum absolute atomic E-state index is 0.0582. The molecular weight excluding hydrogens is 280 g/mol. The minimum Gasteiger partial charge on any atom is -0.480 e. The summed E-state index contributed by atoms with van der Waals surface area (Å²) in [6.07, 6.45) is 1.43. The van der Waals surface area contributed by atoms with Crippen molar-refractivity contribution < 1.29 is 14.3 Å². The van der Waals surface area contributed by atoms with Crippen LogP contribution in [0.25, 0.3) is 0 Å². The fourth-order valence-electron chi connectivity index (χ4n) is 2.67. The van der Waals surface area contributed by atoms with E-state index < -0.39 is 6.10 Å². The average molecular weight is 302 g/mol. The molecule has 2 atom stereocenters. The van der Waals surface area contributed by atoms with Gasteiger partial charge in [-0.05, 0) is 38.8 Å². The Kier molecular flexibility index (Phi) is 5.79. The first-order chi connectivity index (χ1) is 10.7. The average Bonchev–Trinajstić information content (AvgIpc) is 2.55. The summed E-state index contributed by atoms with van der Waals surface area (Å²) in [6.45, 7) is 5.69. The molecule has 0 spiro atoms. The third-order valence-corrected chi connectivity index (χ3v) is 3.75. The number of likely N-dealkylation sites (tertiary alicyclic amines) is 1. The maximum atomic E-state index is 12.5. The number of nitriles is 1. The fraction of sp³-hybridized carbons (Fsp3) is 0.529. The summed E-state index contributed by atoms with van der Waals surface area (Å²) in [7, 11) is 0. The fourth-order valence-corrected chi connectivity index (χ4v) is 2.67. The molecule has 0 N–H and O–H groups in total. The molecule has 0 bridgehead atoms. The van der Waals surface area contributed by atoms with Gasteiger partial charge >= 0.3 is 0 Å². The smallest absolute Gasteiger partial charge is 0.263 e. The van der Waals surface area contributed by atoms with Gasteiger partial charge in [-0.3, -0.25) is 4.79 Å².